The number of nitrogens with zero attached hydrogens (tertiary/aromatic N) is 2. The molecule has 1 unspecified atom stereocenters. The second-order valence-electron chi connectivity index (χ2n) is 4.84. The molecule has 0 bridgehead atoms. The van der Waals surface area contributed by atoms with E-state index in [0.29, 0.717) is 0 Å². The van der Waals surface area contributed by atoms with Gasteiger partial charge in [0.05, 0.1) is 11.7 Å². The Morgan fingerprint density at radius 3 is 2.83 bits per heavy atom. The molecule has 0 radical (unpaired) electrons. The first-order chi connectivity index (χ1) is 8.74. The Bertz CT molecular complexity index is 521. The van der Waals surface area contributed by atoms with E-state index in [1.165, 1.54) is 29.8 Å². The highest BCUT2D eigenvalue weighted by Crippen LogP contribution is 2.31. The fourth-order valence-corrected chi connectivity index (χ4v) is 3.49. The Hall–Kier alpha value is -1.26. The van der Waals surface area contributed by atoms with E-state index >= 15 is 0 Å². The predicted molar refractivity (Wildman–Crippen MR) is 73.8 cm³/mol. The summed E-state index contributed by atoms with van der Waals surface area (Å²) in [7, 11) is 0. The number of rotatable bonds is 2. The van der Waals surface area contributed by atoms with Crippen molar-refractivity contribution in [1.82, 2.24) is 9.97 Å². The normalized spacial score (nSPS) is 16.3. The van der Waals surface area contributed by atoms with Crippen molar-refractivity contribution in [2.24, 2.45) is 5.73 Å². The van der Waals surface area contributed by atoms with Gasteiger partial charge in [-0.25, -0.2) is 4.98 Å². The summed E-state index contributed by atoms with van der Waals surface area (Å²) in [5, 5.41) is 1.03. The van der Waals surface area contributed by atoms with Crippen molar-refractivity contribution >= 4 is 11.3 Å². The van der Waals surface area contributed by atoms with E-state index < -0.39 is 0 Å². The molecule has 0 saturated carbocycles. The van der Waals surface area contributed by atoms with Crippen LogP contribution in [-0.4, -0.2) is 9.97 Å². The lowest BCUT2D eigenvalue weighted by atomic mass is 10.0. The molecule has 94 valence electrons. The highest BCUT2D eigenvalue weighted by Gasteiger charge is 2.19. The number of aromatic nitrogens is 2. The predicted octanol–water partition coefficient (Wildman–Crippen LogP) is 2.77. The largest absolute Gasteiger partial charge is 0.318 e. The molecule has 3 rings (SSSR count). The maximum atomic E-state index is 6.29. The van der Waals surface area contributed by atoms with Crippen LogP contribution < -0.4 is 5.73 Å². The molecular weight excluding hydrogens is 242 g/mol. The third-order valence-electron chi connectivity index (χ3n) is 3.42. The van der Waals surface area contributed by atoms with Crippen LogP contribution in [0.4, 0.5) is 0 Å². The van der Waals surface area contributed by atoms with Gasteiger partial charge < -0.3 is 5.73 Å². The smallest absolute Gasteiger partial charge is 0.115 e. The van der Waals surface area contributed by atoms with E-state index in [2.05, 4.69) is 4.98 Å². The topological polar surface area (TPSA) is 51.8 Å². The zero-order valence-electron chi connectivity index (χ0n) is 10.5. The van der Waals surface area contributed by atoms with Crippen molar-refractivity contribution < 1.29 is 0 Å². The Morgan fingerprint density at radius 2 is 2.11 bits per heavy atom. The van der Waals surface area contributed by atoms with Crippen LogP contribution in [0.15, 0.2) is 18.3 Å². The van der Waals surface area contributed by atoms with Gasteiger partial charge in [0.2, 0.25) is 0 Å². The SMILES string of the molecule is Cc1ccc(C(N)c2nc3c(s2)CCCC3)cn1. The van der Waals surface area contributed by atoms with Crippen molar-refractivity contribution in [2.75, 3.05) is 0 Å². The van der Waals surface area contributed by atoms with Gasteiger partial charge in [0, 0.05) is 16.8 Å². The number of aryl methyl sites for hydroxylation is 3. The molecule has 0 fully saturated rings. The summed E-state index contributed by atoms with van der Waals surface area (Å²) in [6, 6.07) is 3.92. The van der Waals surface area contributed by atoms with Crippen LogP contribution >= 0.6 is 11.3 Å². The Kier molecular flexibility index (Phi) is 3.14. The van der Waals surface area contributed by atoms with E-state index in [0.717, 1.165) is 22.7 Å². The number of pyridine rings is 1. The monoisotopic (exact) mass is 259 g/mol. The summed E-state index contributed by atoms with van der Waals surface area (Å²) >= 11 is 1.78. The summed E-state index contributed by atoms with van der Waals surface area (Å²) < 4.78 is 0. The number of hydrogen-bond acceptors (Lipinski definition) is 4. The Morgan fingerprint density at radius 1 is 1.28 bits per heavy atom. The van der Waals surface area contributed by atoms with E-state index in [1.807, 2.05) is 25.3 Å². The molecule has 2 N–H and O–H groups in total. The van der Waals surface area contributed by atoms with Gasteiger partial charge in [0.1, 0.15) is 5.01 Å². The molecule has 0 saturated heterocycles. The first kappa shape index (κ1) is 11.8. The van der Waals surface area contributed by atoms with Crippen LogP contribution in [0.1, 0.15) is 45.7 Å². The lowest BCUT2D eigenvalue weighted by molar-refractivity contribution is 0.678. The zero-order valence-corrected chi connectivity index (χ0v) is 11.3. The summed E-state index contributed by atoms with van der Waals surface area (Å²) in [5.74, 6) is 0. The van der Waals surface area contributed by atoms with Crippen LogP contribution in [0.3, 0.4) is 0 Å². The Labute approximate surface area is 111 Å². The van der Waals surface area contributed by atoms with Crippen LogP contribution in [-0.2, 0) is 12.8 Å². The second-order valence-corrected chi connectivity index (χ2v) is 5.95. The molecule has 0 amide bonds. The molecule has 0 aromatic carbocycles. The average Bonchev–Trinajstić information content (AvgIpc) is 2.82. The van der Waals surface area contributed by atoms with Crippen molar-refractivity contribution in [3.8, 4) is 0 Å². The second kappa shape index (κ2) is 4.78. The Balaban J connectivity index is 1.89. The molecule has 1 atom stereocenters. The molecule has 2 aromatic rings. The molecule has 0 spiro atoms. The third-order valence-corrected chi connectivity index (χ3v) is 4.66. The molecule has 2 heterocycles. The van der Waals surface area contributed by atoms with Crippen molar-refractivity contribution in [1.29, 1.82) is 0 Å². The molecular formula is C14H17N3S. The van der Waals surface area contributed by atoms with Crippen LogP contribution in [0.5, 0.6) is 0 Å². The minimum absolute atomic E-state index is 0.131. The highest BCUT2D eigenvalue weighted by molar-refractivity contribution is 7.11. The van der Waals surface area contributed by atoms with Gasteiger partial charge in [-0.3, -0.25) is 4.98 Å². The fourth-order valence-electron chi connectivity index (χ4n) is 2.31. The van der Waals surface area contributed by atoms with Gasteiger partial charge in [0.15, 0.2) is 0 Å². The van der Waals surface area contributed by atoms with E-state index in [9.17, 15) is 0 Å². The minimum Gasteiger partial charge on any atom is -0.318 e. The summed E-state index contributed by atoms with van der Waals surface area (Å²) in [4.78, 5) is 10.5. The average molecular weight is 259 g/mol. The molecule has 0 aliphatic heterocycles. The molecule has 1 aliphatic rings. The van der Waals surface area contributed by atoms with E-state index in [-0.39, 0.29) is 6.04 Å². The summed E-state index contributed by atoms with van der Waals surface area (Å²) in [6.45, 7) is 1.98. The van der Waals surface area contributed by atoms with E-state index in [4.69, 9.17) is 10.7 Å². The molecule has 18 heavy (non-hydrogen) atoms. The maximum absolute atomic E-state index is 6.29. The first-order valence-corrected chi connectivity index (χ1v) is 7.22. The summed E-state index contributed by atoms with van der Waals surface area (Å²) in [5.41, 5.74) is 9.63. The van der Waals surface area contributed by atoms with Gasteiger partial charge in [-0.1, -0.05) is 6.07 Å². The lowest BCUT2D eigenvalue weighted by Crippen LogP contribution is -2.12. The quantitative estimate of drug-likeness (QED) is 0.902. The first-order valence-electron chi connectivity index (χ1n) is 6.40. The molecule has 4 heteroatoms. The lowest BCUT2D eigenvalue weighted by Gasteiger charge is -2.08. The van der Waals surface area contributed by atoms with Gasteiger partial charge in [-0.05, 0) is 44.2 Å². The zero-order chi connectivity index (χ0) is 12.5. The van der Waals surface area contributed by atoms with Gasteiger partial charge in [-0.15, -0.1) is 11.3 Å². The molecule has 1 aliphatic carbocycles. The highest BCUT2D eigenvalue weighted by atomic mass is 32.1. The van der Waals surface area contributed by atoms with Gasteiger partial charge >= 0.3 is 0 Å². The summed E-state index contributed by atoms with van der Waals surface area (Å²) in [6.07, 6.45) is 6.70. The van der Waals surface area contributed by atoms with Crippen molar-refractivity contribution in [3.05, 3.63) is 45.2 Å². The standard InChI is InChI=1S/C14H17N3S/c1-9-6-7-10(8-16-9)13(15)14-17-11-4-2-3-5-12(11)18-14/h6-8,13H,2-5,15H2,1H3. The third kappa shape index (κ3) is 2.18. The maximum Gasteiger partial charge on any atom is 0.115 e. The molecule has 3 nitrogen and oxygen atoms in total. The van der Waals surface area contributed by atoms with Crippen LogP contribution in [0, 0.1) is 6.92 Å². The fraction of sp³-hybridized carbons (Fsp3) is 0.429. The number of thiazole rings is 1. The van der Waals surface area contributed by atoms with Gasteiger partial charge in [-0.2, -0.15) is 0 Å². The van der Waals surface area contributed by atoms with Crippen LogP contribution in [0.2, 0.25) is 0 Å². The minimum atomic E-state index is -0.131. The van der Waals surface area contributed by atoms with Crippen molar-refractivity contribution in [2.45, 2.75) is 38.6 Å². The van der Waals surface area contributed by atoms with E-state index in [1.54, 1.807) is 11.3 Å². The molecule has 2 aromatic heterocycles. The van der Waals surface area contributed by atoms with Crippen LogP contribution in [0.25, 0.3) is 0 Å². The van der Waals surface area contributed by atoms with Gasteiger partial charge in [0.25, 0.3) is 0 Å². The van der Waals surface area contributed by atoms with Crippen molar-refractivity contribution in [3.63, 3.8) is 0 Å². The number of fused-ring (bicyclic) bond motifs is 1. The number of nitrogens with two attached hydrogens (primary N) is 1. The number of hydrogen-bond donors (Lipinski definition) is 1.